The number of hydrogen-bond acceptors (Lipinski definition) is 4. The number of unbranched alkanes of at least 4 members (excludes halogenated alkanes) is 24. The lowest BCUT2D eigenvalue weighted by atomic mass is 10.0. The molecule has 0 saturated carbocycles. The largest absolute Gasteiger partial charge is 0.457 e. The highest BCUT2D eigenvalue weighted by Gasteiger charge is 2.13. The van der Waals surface area contributed by atoms with Crippen molar-refractivity contribution in [2.45, 2.75) is 200 Å². The van der Waals surface area contributed by atoms with Crippen LogP contribution in [0.3, 0.4) is 0 Å². The Morgan fingerprint density at radius 2 is 0.951 bits per heavy atom. The van der Waals surface area contributed by atoms with Crippen molar-refractivity contribution in [1.82, 2.24) is 0 Å². The van der Waals surface area contributed by atoms with Crippen LogP contribution in [0.15, 0.2) is 12.2 Å². The number of ether oxygens (including phenoxy) is 2. The molecule has 0 spiro atoms. The standard InChI is InChI=1S/C37H72O4/c1-3-5-7-9-11-13-15-17-19-20-22-24-26-28-30-32-37(39)41-36(34-38)35-40-33-31-29-27-25-23-21-18-16-14-12-10-8-6-4-2/h17,19,36,38H,3-16,18,20-35H2,1-2H3/b19-17-/t36-/m1/s1. The number of allylic oxidation sites excluding steroid dienone is 2. The van der Waals surface area contributed by atoms with E-state index in [9.17, 15) is 9.90 Å². The van der Waals surface area contributed by atoms with E-state index >= 15 is 0 Å². The Kier molecular flexibility index (Phi) is 34.6. The van der Waals surface area contributed by atoms with Gasteiger partial charge >= 0.3 is 5.97 Å². The molecular weight excluding hydrogens is 508 g/mol. The quantitative estimate of drug-likeness (QED) is 0.0467. The summed E-state index contributed by atoms with van der Waals surface area (Å²) in [6.07, 6.45) is 39.6. The summed E-state index contributed by atoms with van der Waals surface area (Å²) in [5.74, 6) is -0.207. The predicted molar refractivity (Wildman–Crippen MR) is 178 cm³/mol. The molecule has 0 heterocycles. The number of carbonyl (C=O) groups excluding carboxylic acids is 1. The van der Waals surface area contributed by atoms with Crippen molar-refractivity contribution >= 4 is 5.97 Å². The Morgan fingerprint density at radius 1 is 0.561 bits per heavy atom. The fourth-order valence-electron chi connectivity index (χ4n) is 5.32. The molecule has 0 aliphatic heterocycles. The van der Waals surface area contributed by atoms with E-state index < -0.39 is 6.10 Å². The second-order valence-corrected chi connectivity index (χ2v) is 12.3. The number of esters is 1. The van der Waals surface area contributed by atoms with Crippen LogP contribution < -0.4 is 0 Å². The first kappa shape index (κ1) is 40.1. The Morgan fingerprint density at radius 3 is 1.39 bits per heavy atom. The van der Waals surface area contributed by atoms with Gasteiger partial charge in [-0.15, -0.1) is 0 Å². The van der Waals surface area contributed by atoms with E-state index in [1.54, 1.807) is 0 Å². The number of aliphatic hydroxyl groups excluding tert-OH is 1. The second-order valence-electron chi connectivity index (χ2n) is 12.3. The summed E-state index contributed by atoms with van der Waals surface area (Å²) in [6.45, 7) is 5.35. The van der Waals surface area contributed by atoms with Crippen molar-refractivity contribution in [2.75, 3.05) is 19.8 Å². The van der Waals surface area contributed by atoms with Crippen LogP contribution >= 0.6 is 0 Å². The van der Waals surface area contributed by atoms with E-state index in [4.69, 9.17) is 9.47 Å². The summed E-state index contributed by atoms with van der Waals surface area (Å²) in [5, 5.41) is 9.54. The lowest BCUT2D eigenvalue weighted by molar-refractivity contribution is -0.154. The van der Waals surface area contributed by atoms with Gasteiger partial charge in [-0.2, -0.15) is 0 Å². The first-order valence-electron chi connectivity index (χ1n) is 18.3. The molecule has 4 heteroatoms. The molecule has 0 aliphatic rings. The lowest BCUT2D eigenvalue weighted by Crippen LogP contribution is -2.27. The predicted octanol–water partition coefficient (Wildman–Crippen LogP) is 11.4. The first-order valence-corrected chi connectivity index (χ1v) is 18.3. The van der Waals surface area contributed by atoms with E-state index in [0.717, 1.165) is 19.3 Å². The third-order valence-electron chi connectivity index (χ3n) is 8.09. The number of hydrogen-bond donors (Lipinski definition) is 1. The third-order valence-corrected chi connectivity index (χ3v) is 8.09. The smallest absolute Gasteiger partial charge is 0.306 e. The molecule has 0 bridgehead atoms. The molecule has 0 aromatic carbocycles. The van der Waals surface area contributed by atoms with Crippen LogP contribution in [0.25, 0.3) is 0 Å². The summed E-state index contributed by atoms with van der Waals surface area (Å²) in [7, 11) is 0. The maximum absolute atomic E-state index is 12.1. The van der Waals surface area contributed by atoms with Crippen molar-refractivity contribution in [3.05, 3.63) is 12.2 Å². The highest BCUT2D eigenvalue weighted by atomic mass is 16.6. The molecule has 1 N–H and O–H groups in total. The van der Waals surface area contributed by atoms with Crippen LogP contribution in [0.2, 0.25) is 0 Å². The molecule has 0 aliphatic carbocycles. The normalized spacial score (nSPS) is 12.4. The molecule has 0 aromatic heterocycles. The molecule has 0 saturated heterocycles. The van der Waals surface area contributed by atoms with Gasteiger partial charge in [-0.05, 0) is 38.5 Å². The zero-order valence-electron chi connectivity index (χ0n) is 27.8. The topological polar surface area (TPSA) is 55.8 Å². The summed E-state index contributed by atoms with van der Waals surface area (Å²) in [5.41, 5.74) is 0. The maximum Gasteiger partial charge on any atom is 0.306 e. The Labute approximate surface area is 256 Å². The second kappa shape index (κ2) is 35.3. The summed E-state index contributed by atoms with van der Waals surface area (Å²) >= 11 is 0. The summed E-state index contributed by atoms with van der Waals surface area (Å²) < 4.78 is 11.1. The molecule has 244 valence electrons. The van der Waals surface area contributed by atoms with Gasteiger partial charge in [0.15, 0.2) is 0 Å². The van der Waals surface area contributed by atoms with Gasteiger partial charge in [-0.1, -0.05) is 161 Å². The fraction of sp³-hybridized carbons (Fsp3) is 0.919. The lowest BCUT2D eigenvalue weighted by Gasteiger charge is -2.15. The molecule has 0 amide bonds. The molecule has 0 radical (unpaired) electrons. The minimum atomic E-state index is -0.530. The van der Waals surface area contributed by atoms with E-state index in [1.807, 2.05) is 0 Å². The van der Waals surface area contributed by atoms with Crippen LogP contribution in [0, 0.1) is 0 Å². The Bertz CT molecular complexity index is 533. The van der Waals surface area contributed by atoms with E-state index in [2.05, 4.69) is 26.0 Å². The average molecular weight is 581 g/mol. The van der Waals surface area contributed by atoms with E-state index in [1.165, 1.54) is 154 Å². The van der Waals surface area contributed by atoms with E-state index in [-0.39, 0.29) is 12.6 Å². The van der Waals surface area contributed by atoms with Gasteiger partial charge in [0.25, 0.3) is 0 Å². The first-order chi connectivity index (χ1) is 20.2. The molecule has 0 unspecified atom stereocenters. The number of carbonyl (C=O) groups is 1. The van der Waals surface area contributed by atoms with Gasteiger partial charge < -0.3 is 14.6 Å². The van der Waals surface area contributed by atoms with Crippen LogP contribution in [0.4, 0.5) is 0 Å². The highest BCUT2D eigenvalue weighted by Crippen LogP contribution is 2.14. The minimum absolute atomic E-state index is 0.170. The maximum atomic E-state index is 12.1. The molecule has 1 atom stereocenters. The fourth-order valence-corrected chi connectivity index (χ4v) is 5.32. The molecule has 41 heavy (non-hydrogen) atoms. The van der Waals surface area contributed by atoms with Gasteiger partial charge in [0.05, 0.1) is 13.2 Å². The zero-order chi connectivity index (χ0) is 29.9. The summed E-state index contributed by atoms with van der Waals surface area (Å²) in [6, 6.07) is 0. The number of aliphatic hydroxyl groups is 1. The van der Waals surface area contributed by atoms with Crippen LogP contribution in [-0.2, 0) is 14.3 Å². The Balaban J connectivity index is 3.42. The minimum Gasteiger partial charge on any atom is -0.457 e. The summed E-state index contributed by atoms with van der Waals surface area (Å²) in [4.78, 5) is 12.1. The van der Waals surface area contributed by atoms with Gasteiger partial charge in [0.1, 0.15) is 6.10 Å². The van der Waals surface area contributed by atoms with E-state index in [0.29, 0.717) is 19.6 Å². The molecule has 0 rings (SSSR count). The highest BCUT2D eigenvalue weighted by molar-refractivity contribution is 5.69. The molecular formula is C37H72O4. The van der Waals surface area contributed by atoms with Gasteiger partial charge in [0.2, 0.25) is 0 Å². The van der Waals surface area contributed by atoms with Crippen LogP contribution in [-0.4, -0.2) is 37.0 Å². The Hall–Kier alpha value is -0.870. The van der Waals surface area contributed by atoms with Crippen molar-refractivity contribution < 1.29 is 19.4 Å². The molecule has 0 aromatic rings. The van der Waals surface area contributed by atoms with Crippen molar-refractivity contribution in [3.8, 4) is 0 Å². The number of rotatable bonds is 34. The molecule has 0 fully saturated rings. The van der Waals surface area contributed by atoms with Crippen molar-refractivity contribution in [3.63, 3.8) is 0 Å². The van der Waals surface area contributed by atoms with Gasteiger partial charge in [-0.3, -0.25) is 4.79 Å². The average Bonchev–Trinajstić information content (AvgIpc) is 2.98. The van der Waals surface area contributed by atoms with Crippen LogP contribution in [0.1, 0.15) is 194 Å². The molecule has 4 nitrogen and oxygen atoms in total. The monoisotopic (exact) mass is 581 g/mol. The van der Waals surface area contributed by atoms with Crippen LogP contribution in [0.5, 0.6) is 0 Å². The van der Waals surface area contributed by atoms with Gasteiger partial charge in [0, 0.05) is 13.0 Å². The van der Waals surface area contributed by atoms with Gasteiger partial charge in [-0.25, -0.2) is 0 Å². The SMILES string of the molecule is CCCCCCCC/C=C\CCCCCCCC(=O)O[C@H](CO)COCCCCCCCCCCCCCCCC. The third kappa shape index (κ3) is 33.5. The zero-order valence-corrected chi connectivity index (χ0v) is 27.8. The van der Waals surface area contributed by atoms with Crippen molar-refractivity contribution in [1.29, 1.82) is 0 Å². The van der Waals surface area contributed by atoms with Crippen molar-refractivity contribution in [2.24, 2.45) is 0 Å².